The van der Waals surface area contributed by atoms with E-state index in [1.54, 1.807) is 6.07 Å². The number of amides is 1. The van der Waals surface area contributed by atoms with Crippen molar-refractivity contribution < 1.29 is 60.0 Å². The summed E-state index contributed by atoms with van der Waals surface area (Å²) in [5.41, 5.74) is -0.253. The number of carbonyl (C=O) groups excluding carboxylic acids is 1. The Morgan fingerprint density at radius 2 is 1.73 bits per heavy atom. The number of carbonyl (C=O) groups is 1. The van der Waals surface area contributed by atoms with Crippen LogP contribution in [-0.4, -0.2) is 58.0 Å². The van der Waals surface area contributed by atoms with E-state index in [2.05, 4.69) is 39.5 Å². The lowest BCUT2D eigenvalue weighted by Crippen LogP contribution is -2.23. The van der Waals surface area contributed by atoms with Crippen LogP contribution in [0.2, 0.25) is 0 Å². The lowest BCUT2D eigenvalue weighted by Gasteiger charge is -2.12. The Kier molecular flexibility index (Phi) is 11.7. The molecule has 2 heterocycles. The molecule has 0 radical (unpaired) electrons. The number of rotatable bonds is 13. The number of aromatic amines is 1. The van der Waals surface area contributed by atoms with Gasteiger partial charge in [-0.2, -0.15) is 22.1 Å². The second kappa shape index (κ2) is 15.6. The number of para-hydroxylation sites is 1. The van der Waals surface area contributed by atoms with Crippen molar-refractivity contribution in [3.63, 3.8) is 0 Å². The average molecular weight is 753 g/mol. The number of amidine groups is 1. The number of nitriles is 1. The lowest BCUT2D eigenvalue weighted by atomic mass is 10.2. The third-order valence-corrected chi connectivity index (χ3v) is 9.00. The van der Waals surface area contributed by atoms with Gasteiger partial charge in [0, 0.05) is 4.90 Å². The highest BCUT2D eigenvalue weighted by atomic mass is 32.2. The van der Waals surface area contributed by atoms with Crippen LogP contribution in [-0.2, 0) is 43.8 Å². The van der Waals surface area contributed by atoms with Crippen molar-refractivity contribution in [3.8, 4) is 11.8 Å². The first kappa shape index (κ1) is 36.9. The fourth-order valence-corrected chi connectivity index (χ4v) is 6.40. The summed E-state index contributed by atoms with van der Waals surface area (Å²) < 4.78 is 76.7. The van der Waals surface area contributed by atoms with Gasteiger partial charge in [-0.3, -0.25) is 23.8 Å². The molecule has 0 saturated heterocycles. The SMILES string of the molecule is [C-]#[N+]C1=NN(c2cc(SOOO)ccc2S(=O)(=O)O)C(=O)C1=CCC=C=Cc1c(C#N)[nH]n(-c2c(SOOO)cccc2S(=O)(=O)O)c1=O. The first-order valence-corrected chi connectivity index (χ1v) is 16.8. The maximum Gasteiger partial charge on any atom is 0.307 e. The number of nitrogens with zero attached hydrogens (tertiary/aromatic N) is 5. The zero-order valence-corrected chi connectivity index (χ0v) is 26.9. The van der Waals surface area contributed by atoms with E-state index in [1.807, 2.05) is 0 Å². The molecule has 0 atom stereocenters. The van der Waals surface area contributed by atoms with Gasteiger partial charge < -0.3 is 4.85 Å². The molecule has 1 aliphatic heterocycles. The molecular weight excluding hydrogens is 737 g/mol. The minimum Gasteiger partial charge on any atom is -0.358 e. The molecular formula is C25H16N6O14S4. The van der Waals surface area contributed by atoms with Crippen molar-refractivity contribution in [3.05, 3.63) is 92.9 Å². The first-order chi connectivity index (χ1) is 23.3. The summed E-state index contributed by atoms with van der Waals surface area (Å²) in [6, 6.07) is 8.27. The molecule has 0 spiro atoms. The molecule has 0 bridgehead atoms. The number of benzene rings is 2. The summed E-state index contributed by atoms with van der Waals surface area (Å²) in [6.07, 6.45) is 3.42. The van der Waals surface area contributed by atoms with Gasteiger partial charge in [0.1, 0.15) is 32.9 Å². The maximum absolute atomic E-state index is 13.3. The van der Waals surface area contributed by atoms with Gasteiger partial charge in [0.15, 0.2) is 0 Å². The molecule has 5 N–H and O–H groups in total. The van der Waals surface area contributed by atoms with E-state index in [0.717, 1.165) is 30.3 Å². The van der Waals surface area contributed by atoms with Gasteiger partial charge in [0.05, 0.1) is 40.1 Å². The topological polar surface area (TPSA) is 285 Å². The van der Waals surface area contributed by atoms with Gasteiger partial charge in [-0.15, -0.1) is 19.4 Å². The van der Waals surface area contributed by atoms with Crippen molar-refractivity contribution in [2.75, 3.05) is 5.01 Å². The summed E-state index contributed by atoms with van der Waals surface area (Å²) in [4.78, 5) is 28.1. The van der Waals surface area contributed by atoms with E-state index < -0.39 is 58.7 Å². The predicted octanol–water partition coefficient (Wildman–Crippen LogP) is 3.15. The van der Waals surface area contributed by atoms with Crippen LogP contribution in [0.5, 0.6) is 0 Å². The number of hydrogen-bond acceptors (Lipinski definition) is 16. The Morgan fingerprint density at radius 1 is 1.04 bits per heavy atom. The molecule has 1 amide bonds. The van der Waals surface area contributed by atoms with Crippen molar-refractivity contribution in [2.45, 2.75) is 26.0 Å². The summed E-state index contributed by atoms with van der Waals surface area (Å²) in [5.74, 6) is -1.41. The zero-order valence-electron chi connectivity index (χ0n) is 23.6. The smallest absolute Gasteiger partial charge is 0.307 e. The summed E-state index contributed by atoms with van der Waals surface area (Å²) in [7, 11) is -9.83. The molecule has 0 aliphatic carbocycles. The molecule has 4 rings (SSSR count). The highest BCUT2D eigenvalue weighted by Gasteiger charge is 2.37. The van der Waals surface area contributed by atoms with Crippen molar-refractivity contribution >= 4 is 67.8 Å². The molecule has 49 heavy (non-hydrogen) atoms. The van der Waals surface area contributed by atoms with Crippen LogP contribution in [0.3, 0.4) is 0 Å². The molecule has 1 aliphatic rings. The van der Waals surface area contributed by atoms with Crippen LogP contribution < -0.4 is 10.6 Å². The van der Waals surface area contributed by atoms with Crippen molar-refractivity contribution in [1.82, 2.24) is 9.78 Å². The van der Waals surface area contributed by atoms with Gasteiger partial charge in [0.2, 0.25) is 0 Å². The predicted molar refractivity (Wildman–Crippen MR) is 165 cm³/mol. The van der Waals surface area contributed by atoms with E-state index in [9.17, 15) is 40.8 Å². The molecule has 1 aromatic heterocycles. The summed E-state index contributed by atoms with van der Waals surface area (Å²) >= 11 is 0.689. The van der Waals surface area contributed by atoms with Crippen molar-refractivity contribution in [1.29, 1.82) is 5.26 Å². The molecule has 254 valence electrons. The highest BCUT2D eigenvalue weighted by molar-refractivity contribution is 7.95. The van der Waals surface area contributed by atoms with Crippen LogP contribution in [0.4, 0.5) is 5.69 Å². The van der Waals surface area contributed by atoms with Gasteiger partial charge >= 0.3 is 5.84 Å². The normalized spacial score (nSPS) is 13.9. The Hall–Kier alpha value is -4.89. The molecule has 3 aromatic rings. The quantitative estimate of drug-likeness (QED) is 0.0319. The Balaban J connectivity index is 1.68. The van der Waals surface area contributed by atoms with Crippen LogP contribution in [0.15, 0.2) is 89.3 Å². The Labute approximate surface area is 282 Å². The Bertz CT molecular complexity index is 2310. The monoisotopic (exact) mass is 752 g/mol. The Morgan fingerprint density at radius 3 is 2.37 bits per heavy atom. The van der Waals surface area contributed by atoms with E-state index in [1.165, 1.54) is 24.3 Å². The van der Waals surface area contributed by atoms with Gasteiger partial charge in [-0.1, -0.05) is 28.8 Å². The average Bonchev–Trinajstić information content (AvgIpc) is 3.55. The first-order valence-electron chi connectivity index (χ1n) is 12.5. The minimum atomic E-state index is -4.94. The maximum atomic E-state index is 13.3. The van der Waals surface area contributed by atoms with Crippen LogP contribution in [0.1, 0.15) is 17.7 Å². The lowest BCUT2D eigenvalue weighted by molar-refractivity contribution is -0.432. The van der Waals surface area contributed by atoms with E-state index in [-0.39, 0.29) is 45.1 Å². The van der Waals surface area contributed by atoms with E-state index in [0.29, 0.717) is 21.7 Å². The van der Waals surface area contributed by atoms with Gasteiger partial charge in [-0.05, 0) is 54.0 Å². The summed E-state index contributed by atoms with van der Waals surface area (Å²) in [5, 5.41) is 40.3. The molecule has 0 fully saturated rings. The molecule has 0 unspecified atom stereocenters. The number of H-pyrrole nitrogens is 1. The molecule has 20 nitrogen and oxygen atoms in total. The fourth-order valence-electron chi connectivity index (χ4n) is 4.08. The van der Waals surface area contributed by atoms with E-state index >= 15 is 0 Å². The molecule has 0 saturated carbocycles. The summed E-state index contributed by atoms with van der Waals surface area (Å²) in [6.45, 7) is 7.41. The van der Waals surface area contributed by atoms with Crippen LogP contribution >= 0.6 is 24.1 Å². The highest BCUT2D eigenvalue weighted by Crippen LogP contribution is 2.35. The van der Waals surface area contributed by atoms with Crippen LogP contribution in [0, 0.1) is 17.9 Å². The number of anilines is 1. The largest absolute Gasteiger partial charge is 0.358 e. The second-order valence-electron chi connectivity index (χ2n) is 8.81. The number of allylic oxidation sites excluding steroid dienone is 2. The number of aromatic nitrogens is 2. The number of hydrazone groups is 1. The fraction of sp³-hybridized carbons (Fsp3) is 0.0400. The number of nitrogens with one attached hydrogen (secondary N) is 1. The third-order valence-electron chi connectivity index (χ3n) is 6.00. The standard InChI is InChI=1S/C25H16N6O14S4/c1-27-23-16(25(33)30(29-23)18-12-14(46-44-42-34)10-11-20(18)48(36,37)38)7-4-2-3-6-15-17(13-26)28-31(24(15)32)22-19(47-45-43-35)8-5-9-21(22)49(39,40)41/h2,5-12,28,34-35H,4H2,(H,36,37,38)(H,39,40,41). The van der Waals surface area contributed by atoms with E-state index in [4.69, 9.17) is 17.1 Å². The van der Waals surface area contributed by atoms with Crippen molar-refractivity contribution in [2.24, 2.45) is 5.10 Å². The second-order valence-corrected chi connectivity index (χ2v) is 13.1. The van der Waals surface area contributed by atoms with Crippen LogP contribution in [0.25, 0.3) is 16.6 Å². The van der Waals surface area contributed by atoms with Gasteiger partial charge in [0.25, 0.3) is 31.7 Å². The minimum absolute atomic E-state index is 0.0961. The zero-order chi connectivity index (χ0) is 35.9. The molecule has 24 heteroatoms. The third kappa shape index (κ3) is 8.23. The van der Waals surface area contributed by atoms with Gasteiger partial charge in [-0.25, -0.2) is 15.2 Å². The molecule has 2 aromatic carbocycles. The number of hydrogen-bond donors (Lipinski definition) is 5.